The molecule has 1 amide bonds. The maximum Gasteiger partial charge on any atom is 0.416 e. The Morgan fingerprint density at radius 3 is 2.35 bits per heavy atom. The van der Waals surface area contributed by atoms with Crippen LogP contribution >= 0.6 is 0 Å². The van der Waals surface area contributed by atoms with E-state index in [-0.39, 0.29) is 18.2 Å². The number of alkyl halides is 3. The maximum absolute atomic E-state index is 13.5. The summed E-state index contributed by atoms with van der Waals surface area (Å²) < 4.78 is 57.0. The van der Waals surface area contributed by atoms with Crippen LogP contribution in [0.15, 0.2) is 18.2 Å². The van der Waals surface area contributed by atoms with Gasteiger partial charge < -0.3 is 10.1 Å². The van der Waals surface area contributed by atoms with Gasteiger partial charge in [-0.3, -0.25) is 4.90 Å². The molecular weight excluding hydrogens is 352 g/mol. The summed E-state index contributed by atoms with van der Waals surface area (Å²) in [6.07, 6.45) is -3.74. The summed E-state index contributed by atoms with van der Waals surface area (Å²) >= 11 is 0. The van der Waals surface area contributed by atoms with Crippen molar-refractivity contribution in [3.63, 3.8) is 0 Å². The molecule has 0 bridgehead atoms. The van der Waals surface area contributed by atoms with Crippen LogP contribution in [0.25, 0.3) is 0 Å². The topological polar surface area (TPSA) is 41.6 Å². The van der Waals surface area contributed by atoms with Crippen molar-refractivity contribution in [3.05, 3.63) is 35.1 Å². The fourth-order valence-electron chi connectivity index (χ4n) is 2.87. The van der Waals surface area contributed by atoms with Crippen molar-refractivity contribution >= 4 is 6.09 Å². The predicted octanol–water partition coefficient (Wildman–Crippen LogP) is 4.33. The Hall–Kier alpha value is -1.83. The molecule has 1 fully saturated rings. The van der Waals surface area contributed by atoms with E-state index in [1.54, 1.807) is 20.8 Å². The van der Waals surface area contributed by atoms with Gasteiger partial charge in [-0.05, 0) is 57.4 Å². The van der Waals surface area contributed by atoms with E-state index >= 15 is 0 Å². The number of carbonyl (C=O) groups excluding carboxylic acids is 1. The number of rotatable bonds is 3. The molecule has 1 aromatic rings. The second-order valence-corrected chi connectivity index (χ2v) is 7.54. The van der Waals surface area contributed by atoms with Gasteiger partial charge in [-0.25, -0.2) is 9.18 Å². The highest BCUT2D eigenvalue weighted by Gasteiger charge is 2.31. The summed E-state index contributed by atoms with van der Waals surface area (Å²) in [5.74, 6) is -0.892. The fraction of sp³-hybridized carbons (Fsp3) is 0.611. The van der Waals surface area contributed by atoms with E-state index in [0.717, 1.165) is 12.1 Å². The van der Waals surface area contributed by atoms with Gasteiger partial charge in [-0.15, -0.1) is 0 Å². The number of nitrogens with one attached hydrogen (secondary N) is 1. The first-order valence-corrected chi connectivity index (χ1v) is 8.51. The highest BCUT2D eigenvalue weighted by molar-refractivity contribution is 5.68. The maximum atomic E-state index is 13.5. The monoisotopic (exact) mass is 376 g/mol. The van der Waals surface area contributed by atoms with Crippen LogP contribution in [-0.4, -0.2) is 35.7 Å². The van der Waals surface area contributed by atoms with Gasteiger partial charge in [-0.2, -0.15) is 13.2 Å². The molecule has 0 aliphatic carbocycles. The number of alkyl carbamates (subject to hydrolysis) is 1. The zero-order valence-corrected chi connectivity index (χ0v) is 15.1. The Kier molecular flexibility index (Phi) is 6.16. The van der Waals surface area contributed by atoms with Crippen LogP contribution in [0.5, 0.6) is 0 Å². The van der Waals surface area contributed by atoms with Gasteiger partial charge >= 0.3 is 12.3 Å². The first-order valence-electron chi connectivity index (χ1n) is 8.51. The van der Waals surface area contributed by atoms with Gasteiger partial charge in [0.15, 0.2) is 0 Å². The molecule has 2 rings (SSSR count). The molecule has 1 heterocycles. The first kappa shape index (κ1) is 20.5. The van der Waals surface area contributed by atoms with E-state index in [0.29, 0.717) is 32.0 Å². The Morgan fingerprint density at radius 1 is 1.19 bits per heavy atom. The zero-order chi connectivity index (χ0) is 19.5. The molecule has 0 radical (unpaired) electrons. The van der Waals surface area contributed by atoms with E-state index in [2.05, 4.69) is 5.32 Å². The second kappa shape index (κ2) is 7.82. The van der Waals surface area contributed by atoms with Gasteiger partial charge in [-0.1, -0.05) is 0 Å². The summed E-state index contributed by atoms with van der Waals surface area (Å²) in [6.45, 7) is 6.77. The summed E-state index contributed by atoms with van der Waals surface area (Å²) in [7, 11) is 0. The summed E-state index contributed by atoms with van der Waals surface area (Å²) in [6, 6.07) is 2.56. The third-order valence-corrected chi connectivity index (χ3v) is 4.00. The average Bonchev–Trinajstić information content (AvgIpc) is 2.46. The van der Waals surface area contributed by atoms with E-state index in [9.17, 15) is 22.4 Å². The van der Waals surface area contributed by atoms with Crippen LogP contribution in [-0.2, 0) is 17.5 Å². The number of amides is 1. The van der Waals surface area contributed by atoms with Crippen molar-refractivity contribution in [1.82, 2.24) is 10.2 Å². The average molecular weight is 376 g/mol. The van der Waals surface area contributed by atoms with Crippen molar-refractivity contribution in [2.24, 2.45) is 0 Å². The minimum atomic E-state index is -4.57. The molecule has 0 spiro atoms. The molecule has 0 atom stereocenters. The summed E-state index contributed by atoms with van der Waals surface area (Å²) in [5.41, 5.74) is -1.26. The lowest BCUT2D eigenvalue weighted by atomic mass is 10.0. The summed E-state index contributed by atoms with van der Waals surface area (Å²) in [5, 5.41) is 2.80. The quantitative estimate of drug-likeness (QED) is 0.799. The van der Waals surface area contributed by atoms with Crippen molar-refractivity contribution in [2.75, 3.05) is 13.1 Å². The van der Waals surface area contributed by atoms with E-state index in [1.165, 1.54) is 0 Å². The smallest absolute Gasteiger partial charge is 0.416 e. The lowest BCUT2D eigenvalue weighted by Crippen LogP contribution is -2.45. The molecule has 0 unspecified atom stereocenters. The number of hydrogen-bond acceptors (Lipinski definition) is 3. The molecule has 26 heavy (non-hydrogen) atoms. The first-order chi connectivity index (χ1) is 11.9. The van der Waals surface area contributed by atoms with Crippen molar-refractivity contribution < 1.29 is 27.1 Å². The Labute approximate surface area is 150 Å². The minimum absolute atomic E-state index is 0.0423. The Balaban J connectivity index is 1.87. The summed E-state index contributed by atoms with van der Waals surface area (Å²) in [4.78, 5) is 13.7. The highest BCUT2D eigenvalue weighted by atomic mass is 19.4. The van der Waals surface area contributed by atoms with E-state index in [1.807, 2.05) is 4.90 Å². The third-order valence-electron chi connectivity index (χ3n) is 4.00. The van der Waals surface area contributed by atoms with Crippen LogP contribution < -0.4 is 5.32 Å². The zero-order valence-electron chi connectivity index (χ0n) is 15.1. The van der Waals surface area contributed by atoms with Gasteiger partial charge in [0.1, 0.15) is 11.4 Å². The molecule has 1 N–H and O–H groups in total. The van der Waals surface area contributed by atoms with Crippen molar-refractivity contribution in [2.45, 2.75) is 58.0 Å². The van der Waals surface area contributed by atoms with Gasteiger partial charge in [0.2, 0.25) is 0 Å². The molecule has 4 nitrogen and oxygen atoms in total. The Morgan fingerprint density at radius 2 is 1.81 bits per heavy atom. The molecule has 1 aromatic carbocycles. The molecule has 146 valence electrons. The lowest BCUT2D eigenvalue weighted by Gasteiger charge is -2.33. The molecule has 1 saturated heterocycles. The van der Waals surface area contributed by atoms with Crippen LogP contribution in [0.3, 0.4) is 0 Å². The molecule has 1 aliphatic rings. The number of halogens is 4. The molecule has 0 aromatic heterocycles. The highest BCUT2D eigenvalue weighted by Crippen LogP contribution is 2.31. The number of ether oxygens (including phenoxy) is 1. The van der Waals surface area contributed by atoms with Gasteiger partial charge in [0, 0.05) is 25.7 Å². The molecular formula is C18H24F4N2O2. The van der Waals surface area contributed by atoms with E-state index in [4.69, 9.17) is 4.74 Å². The molecule has 1 aliphatic heterocycles. The number of likely N-dealkylation sites (tertiary alicyclic amines) is 1. The number of benzene rings is 1. The van der Waals surface area contributed by atoms with Crippen LogP contribution in [0.2, 0.25) is 0 Å². The third kappa shape index (κ3) is 6.48. The van der Waals surface area contributed by atoms with Gasteiger partial charge in [0.25, 0.3) is 0 Å². The van der Waals surface area contributed by atoms with Crippen molar-refractivity contribution in [3.8, 4) is 0 Å². The predicted molar refractivity (Wildman–Crippen MR) is 89.1 cm³/mol. The number of carbonyl (C=O) groups is 1. The molecule has 0 saturated carbocycles. The van der Waals surface area contributed by atoms with Crippen LogP contribution in [0.4, 0.5) is 22.4 Å². The number of nitrogens with zero attached hydrogens (tertiary/aromatic N) is 1. The number of hydrogen-bond donors (Lipinski definition) is 1. The van der Waals surface area contributed by atoms with Gasteiger partial charge in [0.05, 0.1) is 5.56 Å². The second-order valence-electron chi connectivity index (χ2n) is 7.54. The number of piperidine rings is 1. The Bertz CT molecular complexity index is 633. The van der Waals surface area contributed by atoms with Crippen LogP contribution in [0, 0.1) is 5.82 Å². The fourth-order valence-corrected chi connectivity index (χ4v) is 2.87. The van der Waals surface area contributed by atoms with E-state index < -0.39 is 29.3 Å². The normalized spacial score (nSPS) is 17.2. The standard InChI is InChI=1S/C18H24F4N2O2/c1-17(2,3)26-16(25)23-15-4-6-24(7-5-15)11-12-8-13(18(20,21)22)10-14(19)9-12/h8-10,15H,4-7,11H2,1-3H3,(H,23,25). The minimum Gasteiger partial charge on any atom is -0.444 e. The van der Waals surface area contributed by atoms with Crippen LogP contribution in [0.1, 0.15) is 44.7 Å². The SMILES string of the molecule is CC(C)(C)OC(=O)NC1CCN(Cc2cc(F)cc(C(F)(F)F)c2)CC1. The lowest BCUT2D eigenvalue weighted by molar-refractivity contribution is -0.137. The van der Waals surface area contributed by atoms with Crippen molar-refractivity contribution in [1.29, 1.82) is 0 Å². The largest absolute Gasteiger partial charge is 0.444 e. The molecule has 8 heteroatoms.